The van der Waals surface area contributed by atoms with Gasteiger partial charge in [-0.2, -0.15) is 18.2 Å². The third-order valence-electron chi connectivity index (χ3n) is 5.36. The number of hydrogen-bond acceptors (Lipinski definition) is 5. The van der Waals surface area contributed by atoms with Crippen LogP contribution in [0.15, 0.2) is 66.7 Å². The lowest BCUT2D eigenvalue weighted by molar-refractivity contribution is -0.138. The van der Waals surface area contributed by atoms with E-state index >= 15 is 0 Å². The molecule has 3 aromatic carbocycles. The fourth-order valence-electron chi connectivity index (χ4n) is 3.52. The van der Waals surface area contributed by atoms with E-state index < -0.39 is 23.5 Å². The summed E-state index contributed by atoms with van der Waals surface area (Å²) in [7, 11) is 1.53. The van der Waals surface area contributed by atoms with Crippen molar-refractivity contribution in [2.24, 2.45) is 0 Å². The lowest BCUT2D eigenvalue weighted by Gasteiger charge is -2.13. The first-order valence-corrected chi connectivity index (χ1v) is 11.1. The van der Waals surface area contributed by atoms with Gasteiger partial charge in [0.2, 0.25) is 0 Å². The van der Waals surface area contributed by atoms with Crippen molar-refractivity contribution < 1.29 is 31.8 Å². The van der Waals surface area contributed by atoms with Gasteiger partial charge in [0.15, 0.2) is 5.82 Å². The lowest BCUT2D eigenvalue weighted by atomic mass is 10.0. The molecule has 192 valence electrons. The summed E-state index contributed by atoms with van der Waals surface area (Å²) in [5.74, 6) is -0.770. The van der Waals surface area contributed by atoms with Gasteiger partial charge in [-0.3, -0.25) is 4.79 Å². The number of anilines is 1. The number of alkyl halides is 3. The minimum Gasteiger partial charge on any atom is -0.460 e. The minimum absolute atomic E-state index is 0.0223. The number of amides is 1. The van der Waals surface area contributed by atoms with Gasteiger partial charge < -0.3 is 14.8 Å². The molecule has 0 aliphatic carbocycles. The van der Waals surface area contributed by atoms with Crippen LogP contribution >= 0.6 is 0 Å². The zero-order valence-electron chi connectivity index (χ0n) is 19.8. The van der Waals surface area contributed by atoms with Crippen LogP contribution in [0.3, 0.4) is 0 Å². The van der Waals surface area contributed by atoms with Crippen LogP contribution in [0, 0.1) is 12.7 Å². The second-order valence-corrected chi connectivity index (χ2v) is 8.01. The minimum atomic E-state index is -4.58. The van der Waals surface area contributed by atoms with Crippen LogP contribution in [-0.2, 0) is 10.9 Å². The van der Waals surface area contributed by atoms with Crippen LogP contribution in [0.2, 0.25) is 0 Å². The maximum absolute atomic E-state index is 13.5. The second-order valence-electron chi connectivity index (χ2n) is 8.01. The van der Waals surface area contributed by atoms with Gasteiger partial charge in [-0.1, -0.05) is 12.1 Å². The molecule has 0 radical (unpaired) electrons. The number of carbonyl (C=O) groups excluding carboxylic acids is 1. The maximum atomic E-state index is 13.5. The predicted octanol–water partition coefficient (Wildman–Crippen LogP) is 5.68. The molecule has 0 fully saturated rings. The third kappa shape index (κ3) is 6.12. The van der Waals surface area contributed by atoms with E-state index in [-0.39, 0.29) is 23.7 Å². The summed E-state index contributed by atoms with van der Waals surface area (Å²) in [4.78, 5) is 17.1. The van der Waals surface area contributed by atoms with E-state index in [9.17, 15) is 22.4 Å². The van der Waals surface area contributed by atoms with Crippen molar-refractivity contribution in [3.05, 3.63) is 89.2 Å². The largest absolute Gasteiger partial charge is 0.460 e. The number of rotatable bonds is 8. The normalized spacial score (nSPS) is 11.4. The first kappa shape index (κ1) is 25.8. The Bertz CT molecular complexity index is 1400. The van der Waals surface area contributed by atoms with Gasteiger partial charge in [-0.05, 0) is 67.1 Å². The Morgan fingerprint density at radius 2 is 1.78 bits per heavy atom. The number of nitrogens with zero attached hydrogens (tertiary/aromatic N) is 3. The fourth-order valence-corrected chi connectivity index (χ4v) is 3.52. The number of aromatic nitrogens is 3. The highest BCUT2D eigenvalue weighted by Gasteiger charge is 2.33. The molecule has 0 saturated heterocycles. The summed E-state index contributed by atoms with van der Waals surface area (Å²) in [6.45, 7) is 1.85. The van der Waals surface area contributed by atoms with Gasteiger partial charge in [0, 0.05) is 23.9 Å². The zero-order chi connectivity index (χ0) is 26.6. The van der Waals surface area contributed by atoms with Crippen LogP contribution in [0.25, 0.3) is 17.1 Å². The molecule has 0 aliphatic rings. The first-order chi connectivity index (χ1) is 17.7. The lowest BCUT2D eigenvalue weighted by Crippen LogP contribution is -2.15. The van der Waals surface area contributed by atoms with Gasteiger partial charge in [0.05, 0.1) is 17.9 Å². The summed E-state index contributed by atoms with van der Waals surface area (Å²) in [6.07, 6.45) is -4.58. The van der Waals surface area contributed by atoms with Gasteiger partial charge in [-0.25, -0.2) is 9.07 Å². The molecule has 11 heteroatoms. The van der Waals surface area contributed by atoms with E-state index in [2.05, 4.69) is 15.4 Å². The number of benzene rings is 3. The molecule has 7 nitrogen and oxygen atoms in total. The smallest absolute Gasteiger partial charge is 0.416 e. The van der Waals surface area contributed by atoms with Crippen LogP contribution in [-0.4, -0.2) is 41.0 Å². The molecule has 1 heterocycles. The average Bonchev–Trinajstić information content (AvgIpc) is 3.28. The molecule has 4 aromatic rings. The van der Waals surface area contributed by atoms with Crippen molar-refractivity contribution in [1.29, 1.82) is 0 Å². The molecule has 0 aliphatic heterocycles. The topological polar surface area (TPSA) is 78.3 Å². The number of halogens is 4. The number of methoxy groups -OCH3 is 1. The van der Waals surface area contributed by atoms with Crippen LogP contribution in [0.5, 0.6) is 6.01 Å². The third-order valence-corrected chi connectivity index (χ3v) is 5.36. The molecule has 0 saturated carbocycles. The summed E-state index contributed by atoms with van der Waals surface area (Å²) in [6, 6.07) is 15.6. The molecule has 1 N–H and O–H groups in total. The number of aryl methyl sites for hydroxylation is 1. The van der Waals surface area contributed by atoms with E-state index in [0.717, 1.165) is 6.07 Å². The first-order valence-electron chi connectivity index (χ1n) is 11.1. The van der Waals surface area contributed by atoms with E-state index in [1.807, 2.05) is 0 Å². The van der Waals surface area contributed by atoms with Crippen LogP contribution in [0.1, 0.15) is 21.5 Å². The number of carbonyl (C=O) groups is 1. The molecule has 1 amide bonds. The van der Waals surface area contributed by atoms with Crippen LogP contribution in [0.4, 0.5) is 23.2 Å². The van der Waals surface area contributed by atoms with Crippen molar-refractivity contribution in [1.82, 2.24) is 14.8 Å². The highest BCUT2D eigenvalue weighted by Crippen LogP contribution is 2.32. The van der Waals surface area contributed by atoms with Crippen molar-refractivity contribution >= 4 is 11.6 Å². The molecule has 37 heavy (non-hydrogen) atoms. The summed E-state index contributed by atoms with van der Waals surface area (Å²) < 4.78 is 65.3. The number of hydrogen-bond donors (Lipinski definition) is 1. The molecule has 0 atom stereocenters. The summed E-state index contributed by atoms with van der Waals surface area (Å²) in [5, 5.41) is 6.99. The zero-order valence-corrected chi connectivity index (χ0v) is 19.8. The van der Waals surface area contributed by atoms with Gasteiger partial charge in [0.1, 0.15) is 12.4 Å². The van der Waals surface area contributed by atoms with E-state index in [1.165, 1.54) is 55.1 Å². The Morgan fingerprint density at radius 1 is 1.03 bits per heavy atom. The maximum Gasteiger partial charge on any atom is 0.416 e. The van der Waals surface area contributed by atoms with Crippen molar-refractivity contribution in [3.8, 4) is 23.1 Å². The van der Waals surface area contributed by atoms with Crippen LogP contribution < -0.4 is 10.1 Å². The Morgan fingerprint density at radius 3 is 2.49 bits per heavy atom. The van der Waals surface area contributed by atoms with Gasteiger partial charge >= 0.3 is 12.2 Å². The van der Waals surface area contributed by atoms with Crippen molar-refractivity contribution in [3.63, 3.8) is 0 Å². The Kier molecular flexibility index (Phi) is 7.53. The standard InChI is InChI=1S/C26H22F4N4O3/c1-16-6-7-18(14-22(16)26(28,29)30)24(35)31-20-4-3-5-21(15-20)34-23(17-8-10-19(27)11-9-17)32-25(33-34)37-13-12-36-2/h3-11,14-15H,12-13H2,1-2H3,(H,31,35). The molecule has 0 spiro atoms. The Hall–Kier alpha value is -4.25. The van der Waals surface area contributed by atoms with E-state index in [0.29, 0.717) is 29.4 Å². The average molecular weight is 514 g/mol. The highest BCUT2D eigenvalue weighted by atomic mass is 19.4. The summed E-state index contributed by atoms with van der Waals surface area (Å²) >= 11 is 0. The van der Waals surface area contributed by atoms with Gasteiger partial charge in [0.25, 0.3) is 5.91 Å². The molecular weight excluding hydrogens is 492 g/mol. The van der Waals surface area contributed by atoms with Crippen molar-refractivity contribution in [2.45, 2.75) is 13.1 Å². The fraction of sp³-hybridized carbons (Fsp3) is 0.192. The SMILES string of the molecule is COCCOc1nc(-c2ccc(F)cc2)n(-c2cccc(NC(=O)c3ccc(C)c(C(F)(F)F)c3)c2)n1. The summed E-state index contributed by atoms with van der Waals surface area (Å²) in [5.41, 5.74) is 0.370. The molecule has 4 rings (SSSR count). The van der Waals surface area contributed by atoms with Crippen molar-refractivity contribution in [2.75, 3.05) is 25.6 Å². The number of ether oxygens (including phenoxy) is 2. The molecule has 1 aromatic heterocycles. The molecular formula is C26H22F4N4O3. The van der Waals surface area contributed by atoms with Gasteiger partial charge in [-0.15, -0.1) is 5.10 Å². The monoisotopic (exact) mass is 514 g/mol. The number of nitrogens with one attached hydrogen (secondary N) is 1. The second kappa shape index (κ2) is 10.8. The predicted molar refractivity (Wildman–Crippen MR) is 128 cm³/mol. The molecule has 0 unspecified atom stereocenters. The Labute approximate surface area is 209 Å². The van der Waals surface area contributed by atoms with E-state index in [1.54, 1.807) is 24.3 Å². The highest BCUT2D eigenvalue weighted by molar-refractivity contribution is 6.04. The van der Waals surface area contributed by atoms with E-state index in [4.69, 9.17) is 9.47 Å². The Balaban J connectivity index is 1.65. The quantitative estimate of drug-likeness (QED) is 0.242. The molecule has 0 bridgehead atoms.